The number of likely N-dealkylation sites (tertiary alicyclic amines) is 1. The molecule has 4 heterocycles. The van der Waals surface area contributed by atoms with E-state index in [0.29, 0.717) is 30.4 Å². The van der Waals surface area contributed by atoms with E-state index in [1.165, 1.54) is 0 Å². The molecule has 0 saturated carbocycles. The van der Waals surface area contributed by atoms with Gasteiger partial charge in [-0.15, -0.1) is 0 Å². The highest BCUT2D eigenvalue weighted by atomic mass is 16.3. The van der Waals surface area contributed by atoms with Crippen molar-refractivity contribution < 1.29 is 14.0 Å². The molecule has 2 amide bonds. The maximum absolute atomic E-state index is 13.3. The van der Waals surface area contributed by atoms with Crippen LogP contribution in [0.15, 0.2) is 47.0 Å². The van der Waals surface area contributed by atoms with Gasteiger partial charge in [0.1, 0.15) is 5.58 Å². The molecule has 2 aliphatic heterocycles. The van der Waals surface area contributed by atoms with Crippen LogP contribution in [0.4, 0.5) is 5.95 Å². The quantitative estimate of drug-likeness (QED) is 0.646. The molecule has 3 aromatic rings. The molecule has 33 heavy (non-hydrogen) atoms. The van der Waals surface area contributed by atoms with Crippen molar-refractivity contribution in [2.24, 2.45) is 5.92 Å². The summed E-state index contributed by atoms with van der Waals surface area (Å²) in [5.41, 5.74) is 1.48. The Morgan fingerprint density at radius 2 is 1.91 bits per heavy atom. The van der Waals surface area contributed by atoms with Gasteiger partial charge in [-0.2, -0.15) is 0 Å². The standard InChI is InChI=1S/C25H29N5O3/c1-16(2)27-23(31)19-15-30(24(32)22-13-17-7-3-4-8-21(17)33-22)14-18(19)20-9-10-26-25(28-20)29-11-5-6-12-29/h3-4,7-10,13,16,18-19H,5-6,11-12,14-15H2,1-2H3,(H,27,31)/t18-,19-/m1/s1. The lowest BCUT2D eigenvalue weighted by Gasteiger charge is -2.21. The van der Waals surface area contributed by atoms with Gasteiger partial charge in [-0.1, -0.05) is 18.2 Å². The summed E-state index contributed by atoms with van der Waals surface area (Å²) in [5.74, 6) is 0.139. The first-order valence-electron chi connectivity index (χ1n) is 11.7. The Balaban J connectivity index is 1.43. The van der Waals surface area contributed by atoms with Gasteiger partial charge < -0.3 is 19.5 Å². The summed E-state index contributed by atoms with van der Waals surface area (Å²) >= 11 is 0. The number of anilines is 1. The number of hydrogen-bond acceptors (Lipinski definition) is 6. The van der Waals surface area contributed by atoms with Gasteiger partial charge in [-0.3, -0.25) is 9.59 Å². The molecule has 2 aliphatic rings. The third kappa shape index (κ3) is 4.29. The molecule has 0 unspecified atom stereocenters. The summed E-state index contributed by atoms with van der Waals surface area (Å²) in [5, 5.41) is 3.91. The van der Waals surface area contributed by atoms with Gasteiger partial charge in [0.15, 0.2) is 5.76 Å². The normalized spacial score (nSPS) is 20.7. The van der Waals surface area contributed by atoms with Crippen molar-refractivity contribution >= 4 is 28.7 Å². The van der Waals surface area contributed by atoms with Gasteiger partial charge >= 0.3 is 0 Å². The molecule has 172 valence electrons. The zero-order chi connectivity index (χ0) is 22.9. The van der Waals surface area contributed by atoms with Gasteiger partial charge in [0, 0.05) is 49.7 Å². The van der Waals surface area contributed by atoms with E-state index in [1.54, 1.807) is 17.2 Å². The summed E-state index contributed by atoms with van der Waals surface area (Å²) in [4.78, 5) is 39.6. The van der Waals surface area contributed by atoms with Crippen LogP contribution in [0.3, 0.4) is 0 Å². The predicted octanol–water partition coefficient (Wildman–Crippen LogP) is 3.20. The zero-order valence-corrected chi connectivity index (χ0v) is 19.0. The minimum absolute atomic E-state index is 0.0174. The maximum Gasteiger partial charge on any atom is 0.289 e. The summed E-state index contributed by atoms with van der Waals surface area (Å²) in [6, 6.07) is 11.2. The Kier molecular flexibility index (Phi) is 5.74. The second-order valence-corrected chi connectivity index (χ2v) is 9.21. The molecule has 2 saturated heterocycles. The van der Waals surface area contributed by atoms with Crippen molar-refractivity contribution in [3.63, 3.8) is 0 Å². The van der Waals surface area contributed by atoms with Crippen molar-refractivity contribution in [2.45, 2.75) is 38.6 Å². The number of furan rings is 1. The van der Waals surface area contributed by atoms with E-state index in [1.807, 2.05) is 44.2 Å². The van der Waals surface area contributed by atoms with E-state index in [0.717, 1.165) is 37.0 Å². The molecule has 8 heteroatoms. The number of aromatic nitrogens is 2. The van der Waals surface area contributed by atoms with E-state index in [4.69, 9.17) is 9.40 Å². The number of fused-ring (bicyclic) bond motifs is 1. The number of carbonyl (C=O) groups is 2. The molecular formula is C25H29N5O3. The van der Waals surface area contributed by atoms with Crippen molar-refractivity contribution in [1.29, 1.82) is 0 Å². The molecule has 2 atom stereocenters. The lowest BCUT2D eigenvalue weighted by molar-refractivity contribution is -0.125. The Hall–Kier alpha value is -3.42. The van der Waals surface area contributed by atoms with Crippen LogP contribution in [0, 0.1) is 5.92 Å². The fourth-order valence-corrected chi connectivity index (χ4v) is 4.81. The molecule has 2 fully saturated rings. The molecule has 1 N–H and O–H groups in total. The first kappa shape index (κ1) is 21.4. The van der Waals surface area contributed by atoms with Gasteiger partial charge in [0.25, 0.3) is 5.91 Å². The van der Waals surface area contributed by atoms with Crippen LogP contribution in [0.1, 0.15) is 48.9 Å². The van der Waals surface area contributed by atoms with Crippen LogP contribution in [-0.4, -0.2) is 58.9 Å². The van der Waals surface area contributed by atoms with Crippen LogP contribution in [0.5, 0.6) is 0 Å². The summed E-state index contributed by atoms with van der Waals surface area (Å²) in [6.07, 6.45) is 4.03. The minimum atomic E-state index is -0.387. The fourth-order valence-electron chi connectivity index (χ4n) is 4.81. The number of amides is 2. The van der Waals surface area contributed by atoms with Crippen molar-refractivity contribution in [1.82, 2.24) is 20.2 Å². The molecule has 0 spiro atoms. The monoisotopic (exact) mass is 447 g/mol. The van der Waals surface area contributed by atoms with Crippen LogP contribution in [0.25, 0.3) is 11.0 Å². The van der Waals surface area contributed by atoms with Crippen molar-refractivity contribution in [3.8, 4) is 0 Å². The van der Waals surface area contributed by atoms with Crippen molar-refractivity contribution in [2.75, 3.05) is 31.1 Å². The third-order valence-corrected chi connectivity index (χ3v) is 6.44. The van der Waals surface area contributed by atoms with E-state index in [-0.39, 0.29) is 29.7 Å². The number of nitrogens with zero attached hydrogens (tertiary/aromatic N) is 4. The number of hydrogen-bond donors (Lipinski definition) is 1. The average Bonchev–Trinajstić information content (AvgIpc) is 3.57. The van der Waals surface area contributed by atoms with Gasteiger partial charge in [-0.25, -0.2) is 9.97 Å². The molecule has 2 aromatic heterocycles. The third-order valence-electron chi connectivity index (χ3n) is 6.44. The molecular weight excluding hydrogens is 418 g/mol. The molecule has 0 radical (unpaired) electrons. The number of carbonyl (C=O) groups excluding carboxylic acids is 2. The van der Waals surface area contributed by atoms with Gasteiger partial charge in [0.05, 0.1) is 11.6 Å². The molecule has 8 nitrogen and oxygen atoms in total. The second kappa shape index (κ2) is 8.84. The Bertz CT molecular complexity index is 1130. The van der Waals surface area contributed by atoms with Crippen LogP contribution < -0.4 is 10.2 Å². The first-order valence-corrected chi connectivity index (χ1v) is 11.7. The van der Waals surface area contributed by atoms with Gasteiger partial charge in [-0.05, 0) is 44.9 Å². The Labute approximate surface area is 193 Å². The highest BCUT2D eigenvalue weighted by molar-refractivity contribution is 5.97. The number of nitrogens with one attached hydrogen (secondary N) is 1. The lowest BCUT2D eigenvalue weighted by Crippen LogP contribution is -2.39. The van der Waals surface area contributed by atoms with E-state index in [2.05, 4.69) is 15.2 Å². The van der Waals surface area contributed by atoms with Crippen LogP contribution in [0.2, 0.25) is 0 Å². The molecule has 5 rings (SSSR count). The van der Waals surface area contributed by atoms with E-state index in [9.17, 15) is 9.59 Å². The first-order chi connectivity index (χ1) is 16.0. The van der Waals surface area contributed by atoms with Crippen molar-refractivity contribution in [3.05, 3.63) is 54.0 Å². The maximum atomic E-state index is 13.3. The molecule has 0 bridgehead atoms. The van der Waals surface area contributed by atoms with E-state index < -0.39 is 0 Å². The van der Waals surface area contributed by atoms with Crippen LogP contribution in [-0.2, 0) is 4.79 Å². The number of benzene rings is 1. The highest BCUT2D eigenvalue weighted by Gasteiger charge is 2.42. The summed E-state index contributed by atoms with van der Waals surface area (Å²) < 4.78 is 5.81. The topological polar surface area (TPSA) is 91.6 Å². The second-order valence-electron chi connectivity index (χ2n) is 9.21. The summed E-state index contributed by atoms with van der Waals surface area (Å²) in [7, 11) is 0. The average molecular weight is 448 g/mol. The number of para-hydroxylation sites is 1. The largest absolute Gasteiger partial charge is 0.451 e. The molecule has 0 aliphatic carbocycles. The smallest absolute Gasteiger partial charge is 0.289 e. The lowest BCUT2D eigenvalue weighted by atomic mass is 9.91. The fraction of sp³-hybridized carbons (Fsp3) is 0.440. The van der Waals surface area contributed by atoms with Gasteiger partial charge in [0.2, 0.25) is 11.9 Å². The highest BCUT2D eigenvalue weighted by Crippen LogP contribution is 2.34. The number of rotatable bonds is 5. The summed E-state index contributed by atoms with van der Waals surface area (Å²) in [6.45, 7) is 6.50. The van der Waals surface area contributed by atoms with E-state index >= 15 is 0 Å². The Morgan fingerprint density at radius 3 is 2.67 bits per heavy atom. The minimum Gasteiger partial charge on any atom is -0.451 e. The zero-order valence-electron chi connectivity index (χ0n) is 19.0. The molecule has 1 aromatic carbocycles. The predicted molar refractivity (Wildman–Crippen MR) is 125 cm³/mol. The van der Waals surface area contributed by atoms with Crippen LogP contribution >= 0.6 is 0 Å². The SMILES string of the molecule is CC(C)NC(=O)[C@@H]1CN(C(=O)c2cc3ccccc3o2)C[C@H]1c1ccnc(N2CCCC2)n1. The Morgan fingerprint density at radius 1 is 1.12 bits per heavy atom.